The summed E-state index contributed by atoms with van der Waals surface area (Å²) in [6.07, 6.45) is 2.34. The number of anilines is 1. The van der Waals surface area contributed by atoms with E-state index in [1.807, 2.05) is 7.05 Å². The molecule has 4 heteroatoms. The maximum Gasteiger partial charge on any atom is 0.141 e. The van der Waals surface area contributed by atoms with Gasteiger partial charge >= 0.3 is 0 Å². The normalized spacial score (nSPS) is 11.0. The summed E-state index contributed by atoms with van der Waals surface area (Å²) in [5, 5.41) is 3.33. The van der Waals surface area contributed by atoms with Crippen molar-refractivity contribution >= 4 is 5.82 Å². The first kappa shape index (κ1) is 14.9. The number of hydrogen-bond donors (Lipinski definition) is 1. The molecule has 0 fully saturated rings. The fourth-order valence-electron chi connectivity index (χ4n) is 1.88. The topological polar surface area (TPSA) is 28.2 Å². The average Bonchev–Trinajstić information content (AvgIpc) is 2.29. The predicted molar refractivity (Wildman–Crippen MR) is 74.3 cm³/mol. The summed E-state index contributed by atoms with van der Waals surface area (Å²) >= 11 is 0. The van der Waals surface area contributed by atoms with E-state index in [1.54, 1.807) is 6.07 Å². The van der Waals surface area contributed by atoms with E-state index in [-0.39, 0.29) is 5.82 Å². The Hall–Kier alpha value is -1.16. The Morgan fingerprint density at radius 2 is 2.17 bits per heavy atom. The van der Waals surface area contributed by atoms with E-state index in [0.29, 0.717) is 12.5 Å². The molecular weight excluding hydrogens is 229 g/mol. The smallest absolute Gasteiger partial charge is 0.141 e. The van der Waals surface area contributed by atoms with Gasteiger partial charge in [0.1, 0.15) is 11.6 Å². The van der Waals surface area contributed by atoms with Gasteiger partial charge in [-0.25, -0.2) is 9.37 Å². The lowest BCUT2D eigenvalue weighted by Crippen LogP contribution is -2.24. The molecule has 0 bridgehead atoms. The zero-order valence-electron chi connectivity index (χ0n) is 11.8. The first-order valence-corrected chi connectivity index (χ1v) is 6.60. The molecule has 1 aromatic rings. The molecule has 0 amide bonds. The summed E-state index contributed by atoms with van der Waals surface area (Å²) in [5.74, 6) is 1.18. The molecule has 0 spiro atoms. The van der Waals surface area contributed by atoms with E-state index in [1.165, 1.54) is 6.20 Å². The zero-order chi connectivity index (χ0) is 13.5. The lowest BCUT2D eigenvalue weighted by molar-refractivity contribution is 0.548. The van der Waals surface area contributed by atoms with Crippen molar-refractivity contribution in [2.45, 2.75) is 33.7 Å². The van der Waals surface area contributed by atoms with Gasteiger partial charge in [-0.2, -0.15) is 0 Å². The number of nitrogens with one attached hydrogen (secondary N) is 1. The molecule has 0 aliphatic rings. The van der Waals surface area contributed by atoms with Crippen LogP contribution >= 0.6 is 0 Å². The van der Waals surface area contributed by atoms with E-state index in [4.69, 9.17) is 0 Å². The highest BCUT2D eigenvalue weighted by Crippen LogP contribution is 2.17. The van der Waals surface area contributed by atoms with Gasteiger partial charge in [-0.15, -0.1) is 0 Å². The van der Waals surface area contributed by atoms with Gasteiger partial charge in [-0.05, 0) is 24.9 Å². The Kier molecular flexibility index (Phi) is 6.05. The lowest BCUT2D eigenvalue weighted by atomic mass is 10.2. The second-order valence-electron chi connectivity index (χ2n) is 5.08. The molecule has 3 nitrogen and oxygen atoms in total. The first-order chi connectivity index (χ1) is 8.54. The molecule has 0 saturated carbocycles. The van der Waals surface area contributed by atoms with E-state index < -0.39 is 0 Å². The van der Waals surface area contributed by atoms with Crippen molar-refractivity contribution in [2.75, 3.05) is 25.0 Å². The Morgan fingerprint density at radius 3 is 2.78 bits per heavy atom. The maximum absolute atomic E-state index is 13.3. The number of hydrogen-bond acceptors (Lipinski definition) is 3. The maximum atomic E-state index is 13.3. The van der Waals surface area contributed by atoms with Gasteiger partial charge in [0, 0.05) is 25.7 Å². The van der Waals surface area contributed by atoms with Crippen molar-refractivity contribution in [3.05, 3.63) is 23.6 Å². The van der Waals surface area contributed by atoms with Gasteiger partial charge in [-0.3, -0.25) is 0 Å². The minimum absolute atomic E-state index is 0.273. The summed E-state index contributed by atoms with van der Waals surface area (Å²) in [5.41, 5.74) is 0.923. The molecule has 102 valence electrons. The van der Waals surface area contributed by atoms with Gasteiger partial charge in [-0.1, -0.05) is 20.8 Å². The zero-order valence-corrected chi connectivity index (χ0v) is 11.8. The highest BCUT2D eigenvalue weighted by atomic mass is 19.1. The highest BCUT2D eigenvalue weighted by molar-refractivity contribution is 5.46. The Labute approximate surface area is 109 Å². The van der Waals surface area contributed by atoms with Crippen LogP contribution < -0.4 is 10.2 Å². The molecule has 1 rings (SSSR count). The lowest BCUT2D eigenvalue weighted by Gasteiger charge is -2.21. The monoisotopic (exact) mass is 253 g/mol. The van der Waals surface area contributed by atoms with Crippen molar-refractivity contribution in [3.63, 3.8) is 0 Å². The molecule has 1 heterocycles. The van der Waals surface area contributed by atoms with Crippen LogP contribution in [0.2, 0.25) is 0 Å². The molecule has 0 radical (unpaired) electrons. The third-order valence-corrected chi connectivity index (χ3v) is 2.70. The predicted octanol–water partition coefficient (Wildman–Crippen LogP) is 2.81. The Morgan fingerprint density at radius 1 is 1.44 bits per heavy atom. The van der Waals surface area contributed by atoms with Crippen LogP contribution in [0.15, 0.2) is 12.3 Å². The number of rotatable bonds is 7. The van der Waals surface area contributed by atoms with E-state index in [2.05, 4.69) is 36.0 Å². The second-order valence-corrected chi connectivity index (χ2v) is 5.08. The van der Waals surface area contributed by atoms with Crippen LogP contribution in [0, 0.1) is 11.7 Å². The SMILES string of the molecule is CCCN(C)c1ncc(F)cc1CNCC(C)C. The number of halogens is 1. The van der Waals surface area contributed by atoms with Crippen molar-refractivity contribution in [2.24, 2.45) is 5.92 Å². The standard InChI is InChI=1S/C14H24FN3/c1-5-6-18(4)14-12(7-13(15)10-17-14)9-16-8-11(2)3/h7,10-11,16H,5-6,8-9H2,1-4H3. The Balaban J connectivity index is 2.76. The van der Waals surface area contributed by atoms with Gasteiger partial charge in [0.2, 0.25) is 0 Å². The van der Waals surface area contributed by atoms with E-state index in [9.17, 15) is 4.39 Å². The third-order valence-electron chi connectivity index (χ3n) is 2.70. The number of aromatic nitrogens is 1. The second kappa shape index (κ2) is 7.31. The summed E-state index contributed by atoms with van der Waals surface area (Å²) in [4.78, 5) is 6.28. The van der Waals surface area contributed by atoms with Crippen LogP contribution in [0.3, 0.4) is 0 Å². The van der Waals surface area contributed by atoms with Crippen LogP contribution in [-0.4, -0.2) is 25.1 Å². The minimum atomic E-state index is -0.273. The molecule has 0 aromatic carbocycles. The summed E-state index contributed by atoms with van der Waals surface area (Å²) in [6.45, 7) is 8.94. The van der Waals surface area contributed by atoms with Crippen LogP contribution in [0.5, 0.6) is 0 Å². The van der Waals surface area contributed by atoms with E-state index >= 15 is 0 Å². The first-order valence-electron chi connectivity index (χ1n) is 6.60. The molecule has 1 N–H and O–H groups in total. The third kappa shape index (κ3) is 4.61. The average molecular weight is 253 g/mol. The van der Waals surface area contributed by atoms with Crippen LogP contribution in [0.4, 0.5) is 10.2 Å². The molecule has 18 heavy (non-hydrogen) atoms. The molecular formula is C14H24FN3. The number of nitrogens with zero attached hydrogens (tertiary/aromatic N) is 2. The highest BCUT2D eigenvalue weighted by Gasteiger charge is 2.10. The van der Waals surface area contributed by atoms with Crippen molar-refractivity contribution in [3.8, 4) is 0 Å². The fourth-order valence-corrected chi connectivity index (χ4v) is 1.88. The molecule has 0 aliphatic carbocycles. The molecule has 1 aromatic heterocycles. The number of pyridine rings is 1. The van der Waals surface area contributed by atoms with Crippen molar-refractivity contribution in [1.82, 2.24) is 10.3 Å². The summed E-state index contributed by atoms with van der Waals surface area (Å²) in [7, 11) is 2.00. The Bertz CT molecular complexity index is 366. The summed E-state index contributed by atoms with van der Waals surface area (Å²) in [6, 6.07) is 1.57. The van der Waals surface area contributed by atoms with Crippen molar-refractivity contribution < 1.29 is 4.39 Å². The molecule has 0 unspecified atom stereocenters. The van der Waals surface area contributed by atoms with Crippen molar-refractivity contribution in [1.29, 1.82) is 0 Å². The van der Waals surface area contributed by atoms with Crippen LogP contribution in [0.25, 0.3) is 0 Å². The molecule has 0 saturated heterocycles. The minimum Gasteiger partial charge on any atom is -0.359 e. The molecule has 0 aliphatic heterocycles. The van der Waals surface area contributed by atoms with E-state index in [0.717, 1.165) is 30.9 Å². The van der Waals surface area contributed by atoms with Crippen LogP contribution in [-0.2, 0) is 6.54 Å². The van der Waals surface area contributed by atoms with Gasteiger partial charge in [0.05, 0.1) is 6.20 Å². The van der Waals surface area contributed by atoms with Crippen LogP contribution in [0.1, 0.15) is 32.8 Å². The fraction of sp³-hybridized carbons (Fsp3) is 0.643. The largest absolute Gasteiger partial charge is 0.359 e. The molecule has 0 atom stereocenters. The summed E-state index contributed by atoms with van der Waals surface area (Å²) < 4.78 is 13.3. The van der Waals surface area contributed by atoms with Gasteiger partial charge < -0.3 is 10.2 Å². The quantitative estimate of drug-likeness (QED) is 0.810. The van der Waals surface area contributed by atoms with Gasteiger partial charge in [0.25, 0.3) is 0 Å². The van der Waals surface area contributed by atoms with Gasteiger partial charge in [0.15, 0.2) is 0 Å².